The third kappa shape index (κ3) is 5.19. The number of aromatic nitrogens is 2. The number of fused-ring (bicyclic) bond motifs is 1. The molecule has 2 aliphatic rings. The lowest BCUT2D eigenvalue weighted by Crippen LogP contribution is -2.46. The van der Waals surface area contributed by atoms with E-state index in [9.17, 15) is 18.8 Å². The molecule has 8 nitrogen and oxygen atoms in total. The Morgan fingerprint density at radius 2 is 1.76 bits per heavy atom. The Kier molecular flexibility index (Phi) is 6.55. The van der Waals surface area contributed by atoms with Crippen LogP contribution in [0.25, 0.3) is 11.0 Å². The second kappa shape index (κ2) is 9.71. The molecule has 2 aromatic carbocycles. The first-order chi connectivity index (χ1) is 18.1. The van der Waals surface area contributed by atoms with Crippen LogP contribution in [0.2, 0.25) is 0 Å². The van der Waals surface area contributed by atoms with E-state index in [1.807, 2.05) is 20.8 Å². The number of hydrogen-bond acceptors (Lipinski definition) is 7. The monoisotopic (exact) mass is 521 g/mol. The van der Waals surface area contributed by atoms with Gasteiger partial charge in [0, 0.05) is 32.2 Å². The minimum Gasteiger partial charge on any atom is -0.453 e. The van der Waals surface area contributed by atoms with Gasteiger partial charge in [0.05, 0.1) is 17.2 Å². The molecule has 0 atom stereocenters. The van der Waals surface area contributed by atoms with Crippen LogP contribution in [0.15, 0.2) is 36.5 Å². The lowest BCUT2D eigenvalue weighted by atomic mass is 9.78. The molecule has 1 spiro atoms. The maximum Gasteiger partial charge on any atom is 0.410 e. The molecule has 0 N–H and O–H groups in total. The number of ether oxygens (including phenoxy) is 2. The third-order valence-corrected chi connectivity index (χ3v) is 7.13. The van der Waals surface area contributed by atoms with Crippen molar-refractivity contribution in [3.63, 3.8) is 0 Å². The number of likely N-dealkylation sites (tertiary alicyclic amines) is 1. The molecule has 1 amide bonds. The highest BCUT2D eigenvalue weighted by atomic mass is 19.1. The molecule has 2 saturated heterocycles. The number of benzene rings is 2. The Morgan fingerprint density at radius 1 is 1.05 bits per heavy atom. The quantitative estimate of drug-likeness (QED) is 0.430. The SMILES string of the molecule is CC(C)(C)OC(=O)N1CCC2(CC1)CCN(c1cnc3ccc(Oc4c(F)ccc(F)c4C#N)cc3n1)C2. The van der Waals surface area contributed by atoms with Crippen molar-refractivity contribution in [2.24, 2.45) is 5.41 Å². The topological polar surface area (TPSA) is 91.6 Å². The number of anilines is 1. The van der Waals surface area contributed by atoms with E-state index in [1.54, 1.807) is 35.4 Å². The van der Waals surface area contributed by atoms with E-state index in [-0.39, 0.29) is 17.3 Å². The van der Waals surface area contributed by atoms with Gasteiger partial charge in [0.1, 0.15) is 34.6 Å². The second-order valence-corrected chi connectivity index (χ2v) is 11.0. The number of nitrogens with zero attached hydrogens (tertiary/aromatic N) is 5. The van der Waals surface area contributed by atoms with Gasteiger partial charge in [-0.2, -0.15) is 5.26 Å². The molecule has 0 radical (unpaired) electrons. The maximum atomic E-state index is 14.3. The Morgan fingerprint density at radius 3 is 2.47 bits per heavy atom. The minimum atomic E-state index is -0.855. The lowest BCUT2D eigenvalue weighted by Gasteiger charge is -2.39. The molecular formula is C28H29F2N5O3. The Hall–Kier alpha value is -4.00. The first kappa shape index (κ1) is 25.6. The summed E-state index contributed by atoms with van der Waals surface area (Å²) in [4.78, 5) is 25.7. The van der Waals surface area contributed by atoms with E-state index < -0.39 is 28.5 Å². The number of piperidine rings is 1. The molecule has 38 heavy (non-hydrogen) atoms. The molecule has 0 bridgehead atoms. The highest BCUT2D eigenvalue weighted by molar-refractivity contribution is 5.77. The average molecular weight is 522 g/mol. The van der Waals surface area contributed by atoms with E-state index in [1.165, 1.54) is 0 Å². The summed E-state index contributed by atoms with van der Waals surface area (Å²) in [5.74, 6) is -1.21. The van der Waals surface area contributed by atoms with Crippen molar-refractivity contribution in [2.45, 2.75) is 45.6 Å². The van der Waals surface area contributed by atoms with Gasteiger partial charge in [-0.05, 0) is 69.7 Å². The Bertz CT molecular complexity index is 1420. The summed E-state index contributed by atoms with van der Waals surface area (Å²) in [6.07, 6.45) is 4.25. The Balaban J connectivity index is 1.30. The van der Waals surface area contributed by atoms with E-state index >= 15 is 0 Å². The molecule has 0 saturated carbocycles. The number of carbonyl (C=O) groups is 1. The molecule has 3 heterocycles. The van der Waals surface area contributed by atoms with Gasteiger partial charge in [0.2, 0.25) is 0 Å². The van der Waals surface area contributed by atoms with Gasteiger partial charge in [0.25, 0.3) is 0 Å². The zero-order chi connectivity index (χ0) is 27.1. The second-order valence-electron chi connectivity index (χ2n) is 11.0. The molecule has 5 rings (SSSR count). The van der Waals surface area contributed by atoms with Crippen molar-refractivity contribution < 1.29 is 23.0 Å². The number of nitriles is 1. The van der Waals surface area contributed by atoms with Gasteiger partial charge < -0.3 is 19.3 Å². The van der Waals surface area contributed by atoms with E-state index in [0.29, 0.717) is 24.1 Å². The number of amides is 1. The van der Waals surface area contributed by atoms with Crippen molar-refractivity contribution in [3.05, 3.63) is 53.7 Å². The summed E-state index contributed by atoms with van der Waals surface area (Å²) in [6.45, 7) is 8.56. The molecule has 2 fully saturated rings. The molecule has 0 unspecified atom stereocenters. The van der Waals surface area contributed by atoms with Crippen molar-refractivity contribution in [2.75, 3.05) is 31.1 Å². The van der Waals surface area contributed by atoms with Gasteiger partial charge >= 0.3 is 6.09 Å². The zero-order valence-corrected chi connectivity index (χ0v) is 21.6. The van der Waals surface area contributed by atoms with Gasteiger partial charge in [-0.25, -0.2) is 18.6 Å². The van der Waals surface area contributed by atoms with Gasteiger partial charge in [0.15, 0.2) is 11.6 Å². The molecule has 198 valence electrons. The zero-order valence-electron chi connectivity index (χ0n) is 21.6. The summed E-state index contributed by atoms with van der Waals surface area (Å²) in [7, 11) is 0. The standard InChI is InChI=1S/C28H29F2N5O3/c1-27(2,3)38-26(36)34-11-8-28(9-12-34)10-13-35(17-28)24-16-32-22-7-4-18(14-23(22)33-24)37-25-19(15-31)20(29)5-6-21(25)30/h4-7,14,16H,8-13,17H2,1-3H3. The van der Waals surface area contributed by atoms with E-state index in [4.69, 9.17) is 14.5 Å². The molecule has 2 aliphatic heterocycles. The number of hydrogen-bond donors (Lipinski definition) is 0. The van der Waals surface area contributed by atoms with Gasteiger partial charge in [-0.1, -0.05) is 0 Å². The van der Waals surface area contributed by atoms with Gasteiger partial charge in [-0.3, -0.25) is 4.98 Å². The summed E-state index contributed by atoms with van der Waals surface area (Å²) >= 11 is 0. The lowest BCUT2D eigenvalue weighted by molar-refractivity contribution is 0.0122. The maximum absolute atomic E-state index is 14.3. The van der Waals surface area contributed by atoms with Crippen LogP contribution < -0.4 is 9.64 Å². The van der Waals surface area contributed by atoms with Crippen LogP contribution in [0.5, 0.6) is 11.5 Å². The smallest absolute Gasteiger partial charge is 0.410 e. The third-order valence-electron chi connectivity index (χ3n) is 7.13. The molecule has 0 aliphatic carbocycles. The van der Waals surface area contributed by atoms with Crippen molar-refractivity contribution in [3.8, 4) is 17.6 Å². The number of halogens is 2. The van der Waals surface area contributed by atoms with E-state index in [0.717, 1.165) is 50.3 Å². The molecule has 3 aromatic rings. The summed E-state index contributed by atoms with van der Waals surface area (Å²) in [6, 6.07) is 8.32. The predicted octanol–water partition coefficient (Wildman–Crippen LogP) is 5.80. The van der Waals surface area contributed by atoms with Crippen molar-refractivity contribution in [1.82, 2.24) is 14.9 Å². The van der Waals surface area contributed by atoms with Crippen LogP contribution in [-0.2, 0) is 4.74 Å². The molecular weight excluding hydrogens is 492 g/mol. The van der Waals surface area contributed by atoms with Crippen molar-refractivity contribution >= 4 is 22.9 Å². The van der Waals surface area contributed by atoms with Crippen LogP contribution in [0.3, 0.4) is 0 Å². The fourth-order valence-corrected chi connectivity index (χ4v) is 5.08. The van der Waals surface area contributed by atoms with Crippen LogP contribution in [-0.4, -0.2) is 52.7 Å². The highest BCUT2D eigenvalue weighted by Gasteiger charge is 2.42. The highest BCUT2D eigenvalue weighted by Crippen LogP contribution is 2.42. The number of carbonyl (C=O) groups excluding carboxylic acids is 1. The predicted molar refractivity (Wildman–Crippen MR) is 137 cm³/mol. The molecule has 1 aromatic heterocycles. The molecule has 10 heteroatoms. The van der Waals surface area contributed by atoms with Gasteiger partial charge in [-0.15, -0.1) is 0 Å². The van der Waals surface area contributed by atoms with E-state index in [2.05, 4.69) is 9.88 Å². The summed E-state index contributed by atoms with van der Waals surface area (Å²) in [5, 5.41) is 9.23. The largest absolute Gasteiger partial charge is 0.453 e. The number of rotatable bonds is 3. The van der Waals surface area contributed by atoms with Crippen LogP contribution in [0.4, 0.5) is 19.4 Å². The first-order valence-electron chi connectivity index (χ1n) is 12.6. The Labute approximate surface area is 219 Å². The van der Waals surface area contributed by atoms with Crippen molar-refractivity contribution in [1.29, 1.82) is 5.26 Å². The van der Waals surface area contributed by atoms with Crippen LogP contribution >= 0.6 is 0 Å². The average Bonchev–Trinajstić information content (AvgIpc) is 3.28. The van der Waals surface area contributed by atoms with Crippen LogP contribution in [0.1, 0.15) is 45.6 Å². The normalized spacial score (nSPS) is 17.1. The summed E-state index contributed by atoms with van der Waals surface area (Å²) < 4.78 is 39.4. The fourth-order valence-electron chi connectivity index (χ4n) is 5.08. The summed E-state index contributed by atoms with van der Waals surface area (Å²) in [5.41, 5.74) is 0.254. The minimum absolute atomic E-state index is 0.0999. The first-order valence-corrected chi connectivity index (χ1v) is 12.6. The van der Waals surface area contributed by atoms with Crippen LogP contribution in [0, 0.1) is 28.4 Å². The fraction of sp³-hybridized carbons (Fsp3) is 0.429.